The van der Waals surface area contributed by atoms with Crippen LogP contribution in [0.3, 0.4) is 0 Å². The normalized spacial score (nSPS) is 25.5. The maximum absolute atomic E-state index is 2.64. The molecule has 236 valence electrons. The highest BCUT2D eigenvalue weighted by atomic mass is 15.2. The monoisotopic (exact) mass is 622 g/mol. The van der Waals surface area contributed by atoms with Gasteiger partial charge in [0.25, 0.3) is 0 Å². The van der Waals surface area contributed by atoms with Gasteiger partial charge in [-0.3, -0.25) is 0 Å². The van der Waals surface area contributed by atoms with Gasteiger partial charge >= 0.3 is 0 Å². The number of hydrogen-bond donors (Lipinski definition) is 0. The lowest BCUT2D eigenvalue weighted by Crippen LogP contribution is -2.42. The van der Waals surface area contributed by atoms with Crippen LogP contribution in [-0.2, 0) is 0 Å². The first-order valence-corrected chi connectivity index (χ1v) is 17.8. The molecule has 0 saturated heterocycles. The average Bonchev–Trinajstić information content (AvgIpc) is 3.48. The molecule has 0 bridgehead atoms. The summed E-state index contributed by atoms with van der Waals surface area (Å²) in [6.45, 7) is 0. The highest BCUT2D eigenvalue weighted by molar-refractivity contribution is 5.91. The Hall–Kier alpha value is -5.08. The van der Waals surface area contributed by atoms with Crippen molar-refractivity contribution in [2.45, 2.75) is 56.1 Å². The topological polar surface area (TPSA) is 6.48 Å². The Morgan fingerprint density at radius 3 is 2.23 bits per heavy atom. The van der Waals surface area contributed by atoms with Gasteiger partial charge in [-0.1, -0.05) is 128 Å². The van der Waals surface area contributed by atoms with Crippen LogP contribution < -0.4 is 9.80 Å². The number of anilines is 3. The fraction of sp³-hybridized carbons (Fsp3) is 0.217. The Kier molecular flexibility index (Phi) is 7.58. The summed E-state index contributed by atoms with van der Waals surface area (Å²) in [7, 11) is 0. The number of nitrogens with zero attached hydrogens (tertiary/aromatic N) is 2. The minimum atomic E-state index is 0.301. The van der Waals surface area contributed by atoms with E-state index in [1.54, 1.807) is 0 Å². The lowest BCUT2D eigenvalue weighted by molar-refractivity contribution is 0.565. The van der Waals surface area contributed by atoms with Crippen molar-refractivity contribution in [3.8, 4) is 0 Å². The number of benzene rings is 4. The molecule has 48 heavy (non-hydrogen) atoms. The van der Waals surface area contributed by atoms with Crippen LogP contribution >= 0.6 is 0 Å². The molecule has 5 aliphatic rings. The first-order valence-electron chi connectivity index (χ1n) is 17.8. The predicted octanol–water partition coefficient (Wildman–Crippen LogP) is 11.4. The molecule has 0 N–H and O–H groups in total. The summed E-state index contributed by atoms with van der Waals surface area (Å²) < 4.78 is 0. The standard InChI is InChI=1S/C46H42N2/c1-3-12-33(13-4-1)34-22-26-40(27-23-34)47(39-17-5-2-6-18-39)41-28-24-35(25-29-41)36-16-11-19-42(30-36)48-45-21-10-9-20-43(45)44-31-37-14-7-8-15-38(37)32-46(44)48/h1-9,11-12,14-20,22-26,28,30-33,40-41,43,45H,10,13,21,27,29H2. The molecule has 1 heterocycles. The van der Waals surface area contributed by atoms with Crippen molar-refractivity contribution in [3.63, 3.8) is 0 Å². The van der Waals surface area contributed by atoms with E-state index < -0.39 is 0 Å². The van der Waals surface area contributed by atoms with Gasteiger partial charge in [0.1, 0.15) is 0 Å². The molecule has 5 unspecified atom stereocenters. The van der Waals surface area contributed by atoms with Crippen molar-refractivity contribution in [1.82, 2.24) is 0 Å². The molecule has 0 fully saturated rings. The largest absolute Gasteiger partial charge is 0.358 e. The summed E-state index contributed by atoms with van der Waals surface area (Å²) in [5.74, 6) is 0.943. The number of para-hydroxylation sites is 1. The fourth-order valence-corrected chi connectivity index (χ4v) is 8.68. The summed E-state index contributed by atoms with van der Waals surface area (Å²) >= 11 is 0. The van der Waals surface area contributed by atoms with Crippen molar-refractivity contribution >= 4 is 33.4 Å². The Balaban J connectivity index is 0.986. The van der Waals surface area contributed by atoms with Gasteiger partial charge in [-0.25, -0.2) is 0 Å². The van der Waals surface area contributed by atoms with E-state index in [-0.39, 0.29) is 0 Å². The van der Waals surface area contributed by atoms with Gasteiger partial charge < -0.3 is 9.80 Å². The molecule has 2 nitrogen and oxygen atoms in total. The predicted molar refractivity (Wildman–Crippen MR) is 204 cm³/mol. The van der Waals surface area contributed by atoms with Crippen LogP contribution in [0.4, 0.5) is 17.1 Å². The lowest BCUT2D eigenvalue weighted by Gasteiger charge is -2.39. The summed E-state index contributed by atoms with van der Waals surface area (Å²) in [6.07, 6.45) is 33.8. The first-order chi connectivity index (χ1) is 23.8. The number of hydrogen-bond acceptors (Lipinski definition) is 2. The zero-order valence-corrected chi connectivity index (χ0v) is 27.4. The van der Waals surface area contributed by atoms with Crippen molar-refractivity contribution in [2.75, 3.05) is 9.80 Å². The van der Waals surface area contributed by atoms with E-state index >= 15 is 0 Å². The zero-order valence-electron chi connectivity index (χ0n) is 27.4. The summed E-state index contributed by atoms with van der Waals surface area (Å²) in [5.41, 5.74) is 9.48. The van der Waals surface area contributed by atoms with E-state index in [9.17, 15) is 0 Å². The minimum Gasteiger partial charge on any atom is -0.358 e. The second kappa shape index (κ2) is 12.5. The molecule has 2 heteroatoms. The average molecular weight is 623 g/mol. The summed E-state index contributed by atoms with van der Waals surface area (Å²) in [4.78, 5) is 5.27. The van der Waals surface area contributed by atoms with Crippen LogP contribution in [0.5, 0.6) is 0 Å². The van der Waals surface area contributed by atoms with Crippen LogP contribution in [0.15, 0.2) is 169 Å². The van der Waals surface area contributed by atoms with Gasteiger partial charge in [-0.05, 0) is 102 Å². The molecule has 0 amide bonds. The van der Waals surface area contributed by atoms with E-state index in [4.69, 9.17) is 0 Å². The van der Waals surface area contributed by atoms with E-state index in [2.05, 4.69) is 174 Å². The molecule has 9 rings (SSSR count). The quantitative estimate of drug-likeness (QED) is 0.197. The molecular weight excluding hydrogens is 581 g/mol. The van der Waals surface area contributed by atoms with E-state index in [1.807, 2.05) is 0 Å². The number of allylic oxidation sites excluding steroid dienone is 9. The molecule has 1 aliphatic heterocycles. The highest BCUT2D eigenvalue weighted by Crippen LogP contribution is 2.50. The van der Waals surface area contributed by atoms with Crippen LogP contribution in [-0.4, -0.2) is 18.1 Å². The van der Waals surface area contributed by atoms with Crippen molar-refractivity contribution in [1.29, 1.82) is 0 Å². The second-order valence-electron chi connectivity index (χ2n) is 13.9. The Morgan fingerprint density at radius 2 is 1.46 bits per heavy atom. The molecule has 0 spiro atoms. The van der Waals surface area contributed by atoms with E-state index in [0.717, 1.165) is 25.7 Å². The third-order valence-electron chi connectivity index (χ3n) is 11.1. The van der Waals surface area contributed by atoms with Crippen LogP contribution in [0.25, 0.3) is 16.3 Å². The van der Waals surface area contributed by atoms with Crippen molar-refractivity contribution in [2.24, 2.45) is 5.92 Å². The fourth-order valence-electron chi connectivity index (χ4n) is 8.68. The third kappa shape index (κ3) is 5.30. The van der Waals surface area contributed by atoms with Gasteiger partial charge in [0.05, 0.1) is 12.1 Å². The smallest absolute Gasteiger partial charge is 0.0517 e. The summed E-state index contributed by atoms with van der Waals surface area (Å²) in [6, 6.07) is 35.0. The van der Waals surface area contributed by atoms with Gasteiger partial charge in [-0.2, -0.15) is 0 Å². The van der Waals surface area contributed by atoms with Gasteiger partial charge in [0.15, 0.2) is 0 Å². The van der Waals surface area contributed by atoms with Crippen LogP contribution in [0.1, 0.15) is 49.1 Å². The molecule has 0 saturated carbocycles. The Bertz CT molecular complexity index is 2050. The maximum Gasteiger partial charge on any atom is 0.0517 e. The van der Waals surface area contributed by atoms with Gasteiger partial charge in [-0.15, -0.1) is 0 Å². The number of rotatable bonds is 6. The van der Waals surface area contributed by atoms with Crippen LogP contribution in [0.2, 0.25) is 0 Å². The summed E-state index contributed by atoms with van der Waals surface area (Å²) in [5, 5.41) is 2.65. The highest BCUT2D eigenvalue weighted by Gasteiger charge is 2.39. The zero-order chi connectivity index (χ0) is 31.9. The van der Waals surface area contributed by atoms with Gasteiger partial charge in [0.2, 0.25) is 0 Å². The molecule has 0 radical (unpaired) electrons. The van der Waals surface area contributed by atoms with E-state index in [0.29, 0.717) is 30.0 Å². The maximum atomic E-state index is 2.64. The SMILES string of the molecule is C1=CCC(C2=CCC(N(c3ccccc3)C3C=CC(c4cccc(N5c6cc7ccccc7cc6C6C=CCCC65)c4)=CC3)C=C2)C=C1. The van der Waals surface area contributed by atoms with Crippen molar-refractivity contribution < 1.29 is 0 Å². The van der Waals surface area contributed by atoms with Crippen molar-refractivity contribution in [3.05, 3.63) is 181 Å². The lowest BCUT2D eigenvalue weighted by atomic mass is 9.87. The molecule has 5 atom stereocenters. The molecule has 4 aromatic rings. The minimum absolute atomic E-state index is 0.301. The van der Waals surface area contributed by atoms with Gasteiger partial charge in [0, 0.05) is 34.9 Å². The second-order valence-corrected chi connectivity index (χ2v) is 13.9. The molecule has 4 aliphatic carbocycles. The van der Waals surface area contributed by atoms with Crippen LogP contribution in [0, 0.1) is 5.92 Å². The number of fused-ring (bicyclic) bond motifs is 4. The first kappa shape index (κ1) is 29.1. The Labute approximate surface area is 285 Å². The van der Waals surface area contributed by atoms with E-state index in [1.165, 1.54) is 56.5 Å². The third-order valence-corrected chi connectivity index (χ3v) is 11.1. The molecule has 0 aromatic heterocycles. The Morgan fingerprint density at radius 1 is 0.646 bits per heavy atom. The molecular formula is C46H42N2. The molecule has 4 aromatic carbocycles.